The Morgan fingerprint density at radius 3 is 2.63 bits per heavy atom. The van der Waals surface area contributed by atoms with Crippen molar-refractivity contribution in [3.8, 4) is 11.5 Å². The number of nitrogens with zero attached hydrogens (tertiary/aromatic N) is 1. The number of carbonyl (C=O) groups is 2. The highest BCUT2D eigenvalue weighted by molar-refractivity contribution is 5.85. The Balaban J connectivity index is 1.90. The highest BCUT2D eigenvalue weighted by atomic mass is 16.5. The van der Waals surface area contributed by atoms with Gasteiger partial charge in [-0.3, -0.25) is 4.79 Å². The molecule has 2 N–H and O–H groups in total. The number of hydrogen-bond donors (Lipinski definition) is 2. The molecule has 0 saturated carbocycles. The molecule has 0 bridgehead atoms. The van der Waals surface area contributed by atoms with Gasteiger partial charge in [0.1, 0.15) is 17.5 Å². The SMILES string of the molecule is O=C(O)[C@H]1CCCN1C(=O)COc1ccc(O)cc1. The van der Waals surface area contributed by atoms with Gasteiger partial charge in [-0.2, -0.15) is 0 Å². The van der Waals surface area contributed by atoms with E-state index in [-0.39, 0.29) is 18.3 Å². The average molecular weight is 265 g/mol. The van der Waals surface area contributed by atoms with Gasteiger partial charge in [0, 0.05) is 6.54 Å². The first-order valence-corrected chi connectivity index (χ1v) is 6.02. The summed E-state index contributed by atoms with van der Waals surface area (Å²) in [6.45, 7) is 0.253. The number of phenols is 1. The van der Waals surface area contributed by atoms with Gasteiger partial charge in [-0.05, 0) is 37.1 Å². The first-order valence-electron chi connectivity index (χ1n) is 6.02. The van der Waals surface area contributed by atoms with Gasteiger partial charge in [-0.25, -0.2) is 4.79 Å². The lowest BCUT2D eigenvalue weighted by molar-refractivity contribution is -0.148. The summed E-state index contributed by atoms with van der Waals surface area (Å²) in [5.41, 5.74) is 0. The third kappa shape index (κ3) is 3.15. The van der Waals surface area contributed by atoms with Crippen molar-refractivity contribution in [2.45, 2.75) is 18.9 Å². The molecule has 2 rings (SSSR count). The van der Waals surface area contributed by atoms with Crippen molar-refractivity contribution in [3.63, 3.8) is 0 Å². The molecule has 0 unspecified atom stereocenters. The normalized spacial score (nSPS) is 18.3. The van der Waals surface area contributed by atoms with Crippen LogP contribution in [0.15, 0.2) is 24.3 Å². The van der Waals surface area contributed by atoms with Crippen LogP contribution >= 0.6 is 0 Å². The molecular weight excluding hydrogens is 250 g/mol. The zero-order valence-corrected chi connectivity index (χ0v) is 10.3. The Morgan fingerprint density at radius 2 is 2.00 bits per heavy atom. The first-order chi connectivity index (χ1) is 9.08. The molecule has 1 atom stereocenters. The van der Waals surface area contributed by atoms with Crippen LogP contribution in [0.4, 0.5) is 0 Å². The number of likely N-dealkylation sites (tertiary alicyclic amines) is 1. The largest absolute Gasteiger partial charge is 0.508 e. The van der Waals surface area contributed by atoms with Crippen molar-refractivity contribution in [3.05, 3.63) is 24.3 Å². The number of rotatable bonds is 4. The molecular formula is C13H15NO5. The molecule has 1 aromatic rings. The molecule has 1 aliphatic heterocycles. The molecule has 6 heteroatoms. The Labute approximate surface area is 110 Å². The van der Waals surface area contributed by atoms with Gasteiger partial charge in [-0.1, -0.05) is 0 Å². The van der Waals surface area contributed by atoms with Gasteiger partial charge in [0.15, 0.2) is 6.61 Å². The molecule has 0 aliphatic carbocycles. The molecule has 0 radical (unpaired) electrons. The summed E-state index contributed by atoms with van der Waals surface area (Å²) < 4.78 is 5.27. The lowest BCUT2D eigenvalue weighted by atomic mass is 10.2. The van der Waals surface area contributed by atoms with E-state index in [4.69, 9.17) is 14.9 Å². The van der Waals surface area contributed by atoms with E-state index in [0.717, 1.165) is 0 Å². The predicted molar refractivity (Wildman–Crippen MR) is 66.0 cm³/mol. The van der Waals surface area contributed by atoms with Crippen LogP contribution in [-0.4, -0.2) is 46.2 Å². The minimum Gasteiger partial charge on any atom is -0.508 e. The van der Waals surface area contributed by atoms with E-state index in [1.807, 2.05) is 0 Å². The Hall–Kier alpha value is -2.24. The number of aromatic hydroxyl groups is 1. The molecule has 0 spiro atoms. The highest BCUT2D eigenvalue weighted by Gasteiger charge is 2.33. The molecule has 6 nitrogen and oxygen atoms in total. The highest BCUT2D eigenvalue weighted by Crippen LogP contribution is 2.19. The molecule has 102 valence electrons. The third-order valence-corrected chi connectivity index (χ3v) is 3.06. The molecule has 1 fully saturated rings. The van der Waals surface area contributed by atoms with E-state index in [9.17, 15) is 9.59 Å². The maximum Gasteiger partial charge on any atom is 0.326 e. The van der Waals surface area contributed by atoms with E-state index in [0.29, 0.717) is 25.1 Å². The van der Waals surface area contributed by atoms with Crippen LogP contribution in [0.5, 0.6) is 11.5 Å². The molecule has 1 saturated heterocycles. The van der Waals surface area contributed by atoms with Crippen LogP contribution in [0, 0.1) is 0 Å². The summed E-state index contributed by atoms with van der Waals surface area (Å²) in [6.07, 6.45) is 1.18. The predicted octanol–water partition coefficient (Wildman–Crippen LogP) is 0.847. The van der Waals surface area contributed by atoms with Crippen molar-refractivity contribution in [1.82, 2.24) is 4.90 Å². The molecule has 19 heavy (non-hydrogen) atoms. The molecule has 0 aromatic heterocycles. The van der Waals surface area contributed by atoms with Crippen LogP contribution in [0.25, 0.3) is 0 Å². The van der Waals surface area contributed by atoms with Crippen LogP contribution in [0.2, 0.25) is 0 Å². The summed E-state index contributed by atoms with van der Waals surface area (Å²) in [7, 11) is 0. The first kappa shape index (κ1) is 13.2. The number of phenolic OH excluding ortho intramolecular Hbond substituents is 1. The van der Waals surface area contributed by atoms with Gasteiger partial charge in [0.2, 0.25) is 0 Å². The van der Waals surface area contributed by atoms with Crippen LogP contribution < -0.4 is 4.74 Å². The number of carbonyl (C=O) groups excluding carboxylic acids is 1. The van der Waals surface area contributed by atoms with Crippen molar-refractivity contribution < 1.29 is 24.5 Å². The van der Waals surface area contributed by atoms with E-state index >= 15 is 0 Å². The maximum absolute atomic E-state index is 11.9. The summed E-state index contributed by atoms with van der Waals surface area (Å²) in [5.74, 6) is -0.741. The number of benzene rings is 1. The number of carboxylic acids is 1. The second-order valence-corrected chi connectivity index (χ2v) is 4.37. The van der Waals surface area contributed by atoms with E-state index in [1.54, 1.807) is 12.1 Å². The lowest BCUT2D eigenvalue weighted by Crippen LogP contribution is -2.42. The lowest BCUT2D eigenvalue weighted by Gasteiger charge is -2.21. The van der Waals surface area contributed by atoms with Crippen LogP contribution in [0.1, 0.15) is 12.8 Å². The van der Waals surface area contributed by atoms with E-state index < -0.39 is 12.0 Å². The van der Waals surface area contributed by atoms with E-state index in [2.05, 4.69) is 0 Å². The standard InChI is InChI=1S/C13H15NO5/c15-9-3-5-10(6-4-9)19-8-12(16)14-7-1-2-11(14)13(17)18/h3-6,11,15H,1-2,7-8H2,(H,17,18)/t11-/m1/s1. The maximum atomic E-state index is 11.9. The Kier molecular flexibility index (Phi) is 3.89. The fourth-order valence-electron chi connectivity index (χ4n) is 2.09. The van der Waals surface area contributed by atoms with E-state index in [1.165, 1.54) is 17.0 Å². The van der Waals surface area contributed by atoms with Crippen LogP contribution in [-0.2, 0) is 9.59 Å². The molecule has 1 aromatic carbocycles. The Morgan fingerprint density at radius 1 is 1.32 bits per heavy atom. The fraction of sp³-hybridized carbons (Fsp3) is 0.385. The number of carboxylic acid groups (broad SMARTS) is 1. The second-order valence-electron chi connectivity index (χ2n) is 4.37. The number of ether oxygens (including phenoxy) is 1. The minimum absolute atomic E-state index is 0.115. The minimum atomic E-state index is -0.976. The number of hydrogen-bond acceptors (Lipinski definition) is 4. The quantitative estimate of drug-likeness (QED) is 0.842. The smallest absolute Gasteiger partial charge is 0.326 e. The number of aliphatic carboxylic acids is 1. The molecule has 1 amide bonds. The van der Waals surface area contributed by atoms with Gasteiger partial charge in [0.25, 0.3) is 5.91 Å². The van der Waals surface area contributed by atoms with Crippen molar-refractivity contribution in [2.75, 3.05) is 13.2 Å². The summed E-state index contributed by atoms with van der Waals surface area (Å²) in [5, 5.41) is 18.1. The van der Waals surface area contributed by atoms with Gasteiger partial charge in [-0.15, -0.1) is 0 Å². The van der Waals surface area contributed by atoms with Crippen molar-refractivity contribution in [1.29, 1.82) is 0 Å². The number of amides is 1. The summed E-state index contributed by atoms with van der Waals surface area (Å²) >= 11 is 0. The van der Waals surface area contributed by atoms with Gasteiger partial charge in [0.05, 0.1) is 0 Å². The zero-order valence-electron chi connectivity index (χ0n) is 10.3. The van der Waals surface area contributed by atoms with Gasteiger partial charge >= 0.3 is 5.97 Å². The zero-order chi connectivity index (χ0) is 13.8. The summed E-state index contributed by atoms with van der Waals surface area (Å²) in [4.78, 5) is 24.2. The fourth-order valence-corrected chi connectivity index (χ4v) is 2.09. The topological polar surface area (TPSA) is 87.1 Å². The third-order valence-electron chi connectivity index (χ3n) is 3.06. The Bertz CT molecular complexity index is 470. The van der Waals surface area contributed by atoms with Crippen molar-refractivity contribution in [2.24, 2.45) is 0 Å². The molecule has 1 heterocycles. The monoisotopic (exact) mass is 265 g/mol. The average Bonchev–Trinajstić information content (AvgIpc) is 2.87. The van der Waals surface area contributed by atoms with Gasteiger partial charge < -0.3 is 19.8 Å². The molecule has 1 aliphatic rings. The van der Waals surface area contributed by atoms with Crippen molar-refractivity contribution >= 4 is 11.9 Å². The summed E-state index contributed by atoms with van der Waals surface area (Å²) in [6, 6.07) is 5.25. The second kappa shape index (κ2) is 5.60. The van der Waals surface area contributed by atoms with Crippen LogP contribution in [0.3, 0.4) is 0 Å².